The van der Waals surface area contributed by atoms with Gasteiger partial charge in [0.15, 0.2) is 0 Å². The van der Waals surface area contributed by atoms with Crippen LogP contribution in [0, 0.1) is 0 Å². The van der Waals surface area contributed by atoms with Crippen molar-refractivity contribution >= 4 is 17.5 Å². The fourth-order valence-electron chi connectivity index (χ4n) is 3.31. The summed E-state index contributed by atoms with van der Waals surface area (Å²) in [5, 5.41) is 11.2. The number of rotatable bonds is 5. The fraction of sp³-hybridized carbons (Fsp3) is 0.286. The second kappa shape index (κ2) is 7.73. The number of aromatic nitrogens is 3. The predicted molar refractivity (Wildman–Crippen MR) is 109 cm³/mol. The molecular formula is C21H22ClN5O. The third-order valence-electron chi connectivity index (χ3n) is 4.79. The summed E-state index contributed by atoms with van der Waals surface area (Å²) in [7, 11) is 0. The molecule has 2 aromatic carbocycles. The van der Waals surface area contributed by atoms with E-state index in [1.165, 1.54) is 11.1 Å². The van der Waals surface area contributed by atoms with E-state index in [2.05, 4.69) is 32.8 Å². The molecule has 2 heterocycles. The molecular weight excluding hydrogens is 374 g/mol. The van der Waals surface area contributed by atoms with Crippen molar-refractivity contribution in [3.05, 3.63) is 75.8 Å². The molecule has 2 N–H and O–H groups in total. The van der Waals surface area contributed by atoms with Crippen LogP contribution in [0.1, 0.15) is 52.9 Å². The van der Waals surface area contributed by atoms with Crippen LogP contribution in [-0.4, -0.2) is 20.7 Å². The summed E-state index contributed by atoms with van der Waals surface area (Å²) in [6.45, 7) is 6.24. The number of hydrogen-bond donors (Lipinski definition) is 2. The van der Waals surface area contributed by atoms with E-state index in [4.69, 9.17) is 11.6 Å². The summed E-state index contributed by atoms with van der Waals surface area (Å²) < 4.78 is 1.66. The second-order valence-electron chi connectivity index (χ2n) is 7.20. The van der Waals surface area contributed by atoms with Crippen LogP contribution in [-0.2, 0) is 19.6 Å². The van der Waals surface area contributed by atoms with Crippen molar-refractivity contribution in [2.24, 2.45) is 0 Å². The average molecular weight is 396 g/mol. The number of benzene rings is 2. The molecule has 6 nitrogen and oxygen atoms in total. The van der Waals surface area contributed by atoms with Crippen molar-refractivity contribution in [3.8, 4) is 5.69 Å². The maximum absolute atomic E-state index is 12.7. The number of nitrogens with one attached hydrogen (secondary N) is 2. The van der Waals surface area contributed by atoms with Gasteiger partial charge in [-0.1, -0.05) is 55.8 Å². The highest BCUT2D eigenvalue weighted by molar-refractivity contribution is 6.32. The molecule has 0 unspecified atom stereocenters. The van der Waals surface area contributed by atoms with E-state index >= 15 is 0 Å². The highest BCUT2D eigenvalue weighted by Crippen LogP contribution is 2.23. The van der Waals surface area contributed by atoms with E-state index in [0.29, 0.717) is 23.1 Å². The highest BCUT2D eigenvalue weighted by atomic mass is 35.5. The molecule has 7 heteroatoms. The molecule has 0 saturated heterocycles. The fourth-order valence-corrected chi connectivity index (χ4v) is 3.53. The van der Waals surface area contributed by atoms with Crippen molar-refractivity contribution in [2.75, 3.05) is 0 Å². The zero-order valence-electron chi connectivity index (χ0n) is 15.9. The van der Waals surface area contributed by atoms with Gasteiger partial charge in [-0.15, -0.1) is 5.10 Å². The van der Waals surface area contributed by atoms with Crippen molar-refractivity contribution in [1.29, 1.82) is 0 Å². The van der Waals surface area contributed by atoms with E-state index in [1.807, 2.05) is 38.1 Å². The van der Waals surface area contributed by atoms with Gasteiger partial charge in [0.05, 0.1) is 10.7 Å². The lowest BCUT2D eigenvalue weighted by Crippen LogP contribution is -2.24. The summed E-state index contributed by atoms with van der Waals surface area (Å²) in [4.78, 5) is 17.1. The SMILES string of the molecule is CC(C)c1nc(C(=O)NCc2ccc3c(c2)CNC3)nn1-c1ccccc1Cl. The zero-order valence-corrected chi connectivity index (χ0v) is 16.6. The Hall–Kier alpha value is -2.70. The minimum absolute atomic E-state index is 0.0922. The van der Waals surface area contributed by atoms with Crippen LogP contribution < -0.4 is 10.6 Å². The quantitative estimate of drug-likeness (QED) is 0.692. The molecule has 0 atom stereocenters. The van der Waals surface area contributed by atoms with Gasteiger partial charge in [-0.05, 0) is 28.8 Å². The minimum Gasteiger partial charge on any atom is -0.345 e. The maximum Gasteiger partial charge on any atom is 0.291 e. The molecule has 0 radical (unpaired) electrons. The monoisotopic (exact) mass is 395 g/mol. The van der Waals surface area contributed by atoms with E-state index in [9.17, 15) is 4.79 Å². The molecule has 0 bridgehead atoms. The number of amides is 1. The van der Waals surface area contributed by atoms with Crippen LogP contribution in [0.3, 0.4) is 0 Å². The van der Waals surface area contributed by atoms with E-state index in [1.54, 1.807) is 10.7 Å². The first-order chi connectivity index (χ1) is 13.5. The number of carbonyl (C=O) groups excluding carboxylic acids is 1. The summed E-state index contributed by atoms with van der Waals surface area (Å²) in [6.07, 6.45) is 0. The molecule has 4 rings (SSSR count). The number of nitrogens with zero attached hydrogens (tertiary/aromatic N) is 3. The van der Waals surface area contributed by atoms with Crippen LogP contribution in [0.25, 0.3) is 5.69 Å². The Morgan fingerprint density at radius 1 is 1.21 bits per heavy atom. The van der Waals surface area contributed by atoms with Gasteiger partial charge in [0, 0.05) is 25.6 Å². The van der Waals surface area contributed by atoms with Crippen LogP contribution in [0.15, 0.2) is 42.5 Å². The predicted octanol–water partition coefficient (Wildman–Crippen LogP) is 3.58. The number of para-hydroxylation sites is 1. The standard InChI is InChI=1S/C21H22ClN5O/c1-13(2)20-25-19(26-27(20)18-6-4-3-5-17(18)22)21(28)24-10-14-7-8-15-11-23-12-16(15)9-14/h3-9,13,23H,10-12H2,1-2H3,(H,24,28). The lowest BCUT2D eigenvalue weighted by atomic mass is 10.1. The van der Waals surface area contributed by atoms with Gasteiger partial charge in [0.2, 0.25) is 5.82 Å². The maximum atomic E-state index is 12.7. The molecule has 1 aromatic heterocycles. The Balaban J connectivity index is 1.54. The van der Waals surface area contributed by atoms with Crippen LogP contribution >= 0.6 is 11.6 Å². The molecule has 1 aliphatic rings. The van der Waals surface area contributed by atoms with Crippen molar-refractivity contribution < 1.29 is 4.79 Å². The molecule has 0 fully saturated rings. The minimum atomic E-state index is -0.300. The largest absolute Gasteiger partial charge is 0.345 e. The molecule has 1 aliphatic heterocycles. The smallest absolute Gasteiger partial charge is 0.291 e. The zero-order chi connectivity index (χ0) is 19.7. The molecule has 0 saturated carbocycles. The second-order valence-corrected chi connectivity index (χ2v) is 7.61. The van der Waals surface area contributed by atoms with E-state index in [-0.39, 0.29) is 17.6 Å². The first-order valence-corrected chi connectivity index (χ1v) is 9.72. The van der Waals surface area contributed by atoms with Gasteiger partial charge >= 0.3 is 0 Å². The van der Waals surface area contributed by atoms with Crippen LogP contribution in [0.5, 0.6) is 0 Å². The Bertz CT molecular complexity index is 1030. The normalized spacial score (nSPS) is 13.0. The van der Waals surface area contributed by atoms with Gasteiger partial charge in [0.1, 0.15) is 5.82 Å². The summed E-state index contributed by atoms with van der Waals surface area (Å²) in [5.74, 6) is 0.633. The van der Waals surface area contributed by atoms with E-state index in [0.717, 1.165) is 18.7 Å². The molecule has 144 valence electrons. The Kier molecular flexibility index (Phi) is 5.15. The highest BCUT2D eigenvalue weighted by Gasteiger charge is 2.20. The van der Waals surface area contributed by atoms with Crippen molar-refractivity contribution in [2.45, 2.75) is 39.4 Å². The van der Waals surface area contributed by atoms with Crippen LogP contribution in [0.4, 0.5) is 0 Å². The van der Waals surface area contributed by atoms with Gasteiger partial charge < -0.3 is 10.6 Å². The molecule has 28 heavy (non-hydrogen) atoms. The number of fused-ring (bicyclic) bond motifs is 1. The third-order valence-corrected chi connectivity index (χ3v) is 5.11. The van der Waals surface area contributed by atoms with Crippen molar-refractivity contribution in [3.63, 3.8) is 0 Å². The first kappa shape index (κ1) is 18.7. The summed E-state index contributed by atoms with van der Waals surface area (Å²) in [6, 6.07) is 13.7. The first-order valence-electron chi connectivity index (χ1n) is 9.34. The van der Waals surface area contributed by atoms with E-state index < -0.39 is 0 Å². The Morgan fingerprint density at radius 2 is 2.00 bits per heavy atom. The number of halogens is 1. The van der Waals surface area contributed by atoms with Gasteiger partial charge in [0.25, 0.3) is 5.91 Å². The third kappa shape index (κ3) is 3.66. The molecule has 1 amide bonds. The molecule has 3 aromatic rings. The Labute approximate surface area is 168 Å². The summed E-state index contributed by atoms with van der Waals surface area (Å²) >= 11 is 6.32. The van der Waals surface area contributed by atoms with Gasteiger partial charge in [-0.2, -0.15) is 0 Å². The topological polar surface area (TPSA) is 71.8 Å². The van der Waals surface area contributed by atoms with Gasteiger partial charge in [-0.3, -0.25) is 4.79 Å². The van der Waals surface area contributed by atoms with Crippen molar-refractivity contribution in [1.82, 2.24) is 25.4 Å². The number of carbonyl (C=O) groups is 1. The molecule has 0 aliphatic carbocycles. The van der Waals surface area contributed by atoms with Crippen LogP contribution in [0.2, 0.25) is 5.02 Å². The molecule has 0 spiro atoms. The number of hydrogen-bond acceptors (Lipinski definition) is 4. The van der Waals surface area contributed by atoms with Gasteiger partial charge in [-0.25, -0.2) is 9.67 Å². The summed E-state index contributed by atoms with van der Waals surface area (Å²) in [5.41, 5.74) is 4.38. The lowest BCUT2D eigenvalue weighted by molar-refractivity contribution is 0.0940. The average Bonchev–Trinajstić information content (AvgIpc) is 3.33. The lowest BCUT2D eigenvalue weighted by Gasteiger charge is -2.09. The Morgan fingerprint density at radius 3 is 2.79 bits per heavy atom.